The zero-order valence-electron chi connectivity index (χ0n) is 22.7. The summed E-state index contributed by atoms with van der Waals surface area (Å²) >= 11 is 0. The highest BCUT2D eigenvalue weighted by atomic mass is 16.6. The predicted octanol–water partition coefficient (Wildman–Crippen LogP) is 1.61. The Morgan fingerprint density at radius 3 is 2.28 bits per heavy atom. The normalized spacial score (nSPS) is 21.2. The number of rotatable bonds is 13. The van der Waals surface area contributed by atoms with Gasteiger partial charge in [0.15, 0.2) is 5.78 Å². The van der Waals surface area contributed by atoms with Gasteiger partial charge in [0, 0.05) is 25.6 Å². The van der Waals surface area contributed by atoms with Gasteiger partial charge in [-0.25, -0.2) is 0 Å². The van der Waals surface area contributed by atoms with Crippen LogP contribution in [0, 0.1) is 5.92 Å². The van der Waals surface area contributed by atoms with Crippen molar-refractivity contribution in [3.05, 3.63) is 41.5 Å². The SMILES string of the molecule is COc1ccc(C[C@H](NC(=O)[C@@H](C)NC(=O)C2CCOCC2)C(=O)N[C@@H](CC2=CCCC2)C(=O)[C@H]2CO2)cc1. The van der Waals surface area contributed by atoms with Crippen molar-refractivity contribution in [1.82, 2.24) is 16.0 Å². The molecule has 10 nitrogen and oxygen atoms in total. The van der Waals surface area contributed by atoms with Crippen LogP contribution in [0.5, 0.6) is 5.75 Å². The Morgan fingerprint density at radius 1 is 0.974 bits per heavy atom. The number of ketones is 1. The van der Waals surface area contributed by atoms with Gasteiger partial charge in [0.05, 0.1) is 19.8 Å². The van der Waals surface area contributed by atoms with Crippen LogP contribution in [0.25, 0.3) is 0 Å². The summed E-state index contributed by atoms with van der Waals surface area (Å²) in [6, 6.07) is 4.69. The number of carbonyl (C=O) groups is 4. The summed E-state index contributed by atoms with van der Waals surface area (Å²) in [6.45, 7) is 3.00. The lowest BCUT2D eigenvalue weighted by molar-refractivity contribution is -0.134. The average Bonchev–Trinajstić information content (AvgIpc) is 3.68. The van der Waals surface area contributed by atoms with Crippen molar-refractivity contribution in [2.75, 3.05) is 26.9 Å². The molecule has 39 heavy (non-hydrogen) atoms. The van der Waals surface area contributed by atoms with Gasteiger partial charge in [-0.15, -0.1) is 0 Å². The number of nitrogens with one attached hydrogen (secondary N) is 3. The number of allylic oxidation sites excluding steroid dienone is 1. The topological polar surface area (TPSA) is 135 Å². The highest BCUT2D eigenvalue weighted by molar-refractivity contribution is 5.96. The Labute approximate surface area is 229 Å². The Balaban J connectivity index is 1.45. The first-order valence-electron chi connectivity index (χ1n) is 13.8. The summed E-state index contributed by atoms with van der Waals surface area (Å²) in [7, 11) is 1.57. The standard InChI is InChI=1S/C29H39N3O7/c1-18(30-28(35)21-11-13-38-14-12-21)27(34)32-24(16-20-7-9-22(37-2)10-8-20)29(36)31-23(26(33)25-17-39-25)15-19-5-3-4-6-19/h5,7-10,18,21,23-25H,3-4,6,11-17H2,1-2H3,(H,30,35)(H,31,36)(H,32,34)/t18-,23+,24+,25-/m1/s1. The van der Waals surface area contributed by atoms with Gasteiger partial charge in [0.25, 0.3) is 0 Å². The lowest BCUT2D eigenvalue weighted by Gasteiger charge is -2.26. The molecule has 0 saturated carbocycles. The molecule has 2 heterocycles. The van der Waals surface area contributed by atoms with Crippen LogP contribution in [-0.2, 0) is 35.1 Å². The lowest BCUT2D eigenvalue weighted by Crippen LogP contribution is -2.56. The molecule has 212 valence electrons. The number of hydrogen-bond donors (Lipinski definition) is 3. The van der Waals surface area contributed by atoms with E-state index in [2.05, 4.69) is 22.0 Å². The second-order valence-corrected chi connectivity index (χ2v) is 10.5. The third-order valence-electron chi connectivity index (χ3n) is 7.49. The molecular formula is C29H39N3O7. The summed E-state index contributed by atoms with van der Waals surface area (Å²) < 4.78 is 15.7. The fourth-order valence-corrected chi connectivity index (χ4v) is 4.98. The molecule has 1 aromatic rings. The monoisotopic (exact) mass is 541 g/mol. The van der Waals surface area contributed by atoms with Crippen LogP contribution < -0.4 is 20.7 Å². The molecule has 0 unspecified atom stereocenters. The molecule has 2 fully saturated rings. The molecule has 2 saturated heterocycles. The molecule has 4 atom stereocenters. The van der Waals surface area contributed by atoms with Gasteiger partial charge in [0.1, 0.15) is 23.9 Å². The number of amides is 3. The third-order valence-corrected chi connectivity index (χ3v) is 7.49. The van der Waals surface area contributed by atoms with Crippen LogP contribution in [0.15, 0.2) is 35.9 Å². The van der Waals surface area contributed by atoms with E-state index in [4.69, 9.17) is 14.2 Å². The van der Waals surface area contributed by atoms with Crippen LogP contribution >= 0.6 is 0 Å². The summed E-state index contributed by atoms with van der Waals surface area (Å²) in [4.78, 5) is 52.3. The van der Waals surface area contributed by atoms with Crippen molar-refractivity contribution in [3.8, 4) is 5.75 Å². The maximum absolute atomic E-state index is 13.6. The number of Topliss-reactive ketones (excluding diaryl/α,β-unsaturated/α-hetero) is 1. The molecule has 3 aliphatic rings. The van der Waals surface area contributed by atoms with Crippen molar-refractivity contribution in [3.63, 3.8) is 0 Å². The van der Waals surface area contributed by atoms with E-state index >= 15 is 0 Å². The summed E-state index contributed by atoms with van der Waals surface area (Å²) in [5.74, 6) is -0.808. The number of hydrogen-bond acceptors (Lipinski definition) is 7. The molecule has 2 aliphatic heterocycles. The molecule has 0 aromatic heterocycles. The molecule has 0 bridgehead atoms. The van der Waals surface area contributed by atoms with E-state index in [1.54, 1.807) is 26.2 Å². The van der Waals surface area contributed by atoms with Crippen molar-refractivity contribution in [2.24, 2.45) is 5.92 Å². The molecule has 0 radical (unpaired) electrons. The summed E-state index contributed by atoms with van der Waals surface area (Å²) in [5.41, 5.74) is 1.96. The second-order valence-electron chi connectivity index (χ2n) is 10.5. The van der Waals surface area contributed by atoms with Crippen molar-refractivity contribution >= 4 is 23.5 Å². The lowest BCUT2D eigenvalue weighted by atomic mass is 9.98. The second kappa shape index (κ2) is 13.7. The van der Waals surface area contributed by atoms with Crippen LogP contribution in [0.1, 0.15) is 51.0 Å². The van der Waals surface area contributed by atoms with Crippen molar-refractivity contribution in [1.29, 1.82) is 0 Å². The zero-order valence-corrected chi connectivity index (χ0v) is 22.7. The molecular weight excluding hydrogens is 502 g/mol. The van der Waals surface area contributed by atoms with Gasteiger partial charge in [-0.05, 0) is 63.1 Å². The quantitative estimate of drug-likeness (QED) is 0.255. The maximum Gasteiger partial charge on any atom is 0.243 e. The van der Waals surface area contributed by atoms with Crippen LogP contribution in [-0.4, -0.2) is 74.7 Å². The third kappa shape index (κ3) is 8.37. The van der Waals surface area contributed by atoms with Gasteiger partial charge in [-0.2, -0.15) is 0 Å². The number of epoxide rings is 1. The first-order valence-corrected chi connectivity index (χ1v) is 13.8. The highest BCUT2D eigenvalue weighted by Crippen LogP contribution is 2.24. The van der Waals surface area contributed by atoms with Gasteiger partial charge in [-0.3, -0.25) is 19.2 Å². The van der Waals surface area contributed by atoms with E-state index in [9.17, 15) is 19.2 Å². The van der Waals surface area contributed by atoms with Crippen molar-refractivity contribution in [2.45, 2.75) is 76.1 Å². The maximum atomic E-state index is 13.6. The van der Waals surface area contributed by atoms with Crippen molar-refractivity contribution < 1.29 is 33.4 Å². The predicted molar refractivity (Wildman–Crippen MR) is 143 cm³/mol. The fraction of sp³-hybridized carbons (Fsp3) is 0.586. The van der Waals surface area contributed by atoms with Crippen LogP contribution in [0.4, 0.5) is 0 Å². The van der Waals surface area contributed by atoms with Crippen LogP contribution in [0.3, 0.4) is 0 Å². The van der Waals surface area contributed by atoms with Gasteiger partial charge in [0.2, 0.25) is 17.7 Å². The molecule has 10 heteroatoms. The molecule has 1 aromatic carbocycles. The first-order chi connectivity index (χ1) is 18.8. The summed E-state index contributed by atoms with van der Waals surface area (Å²) in [5, 5.41) is 8.47. The Morgan fingerprint density at radius 2 is 1.67 bits per heavy atom. The van der Waals surface area contributed by atoms with Gasteiger partial charge in [-0.1, -0.05) is 23.8 Å². The largest absolute Gasteiger partial charge is 0.497 e. The number of carbonyl (C=O) groups excluding carboxylic acids is 4. The van der Waals surface area contributed by atoms with Gasteiger partial charge >= 0.3 is 0 Å². The molecule has 1 aliphatic carbocycles. The average molecular weight is 542 g/mol. The van der Waals surface area contributed by atoms with E-state index in [-0.39, 0.29) is 24.0 Å². The highest BCUT2D eigenvalue weighted by Gasteiger charge is 2.38. The van der Waals surface area contributed by atoms with E-state index in [0.717, 1.165) is 30.4 Å². The van der Waals surface area contributed by atoms with E-state index in [1.807, 2.05) is 12.1 Å². The Kier molecular flexibility index (Phi) is 10.1. The summed E-state index contributed by atoms with van der Waals surface area (Å²) in [6.07, 6.45) is 6.40. The fourth-order valence-electron chi connectivity index (χ4n) is 4.98. The number of ether oxygens (including phenoxy) is 3. The minimum atomic E-state index is -0.957. The molecule has 4 rings (SSSR count). The zero-order chi connectivity index (χ0) is 27.8. The Hall–Kier alpha value is -3.24. The molecule has 3 amide bonds. The molecule has 3 N–H and O–H groups in total. The number of benzene rings is 1. The Bertz CT molecular complexity index is 1060. The first kappa shape index (κ1) is 28.8. The minimum Gasteiger partial charge on any atom is -0.497 e. The van der Waals surface area contributed by atoms with E-state index < -0.39 is 36.0 Å². The van der Waals surface area contributed by atoms with E-state index in [1.165, 1.54) is 0 Å². The smallest absolute Gasteiger partial charge is 0.243 e. The minimum absolute atomic E-state index is 0.150. The van der Waals surface area contributed by atoms with Crippen LogP contribution in [0.2, 0.25) is 0 Å². The van der Waals surface area contributed by atoms with E-state index in [0.29, 0.717) is 44.8 Å². The molecule has 0 spiro atoms. The van der Waals surface area contributed by atoms with Gasteiger partial charge < -0.3 is 30.2 Å². The number of methoxy groups -OCH3 is 1.